The second-order valence-corrected chi connectivity index (χ2v) is 4.59. The van der Waals surface area contributed by atoms with E-state index in [2.05, 4.69) is 28.3 Å². The molecule has 0 fully saturated rings. The maximum Gasteiger partial charge on any atom is 0.0809 e. The monoisotopic (exact) mass is 230 g/mol. The lowest BCUT2D eigenvalue weighted by molar-refractivity contribution is 0.666. The molecule has 16 heavy (non-hydrogen) atoms. The summed E-state index contributed by atoms with van der Waals surface area (Å²) in [4.78, 5) is 4.38. The van der Waals surface area contributed by atoms with Gasteiger partial charge >= 0.3 is 0 Å². The fourth-order valence-corrected chi connectivity index (χ4v) is 2.37. The summed E-state index contributed by atoms with van der Waals surface area (Å²) in [5, 5.41) is 2.05. The summed E-state index contributed by atoms with van der Waals surface area (Å²) in [6.07, 6.45) is 3.61. The first-order chi connectivity index (χ1) is 7.81. The van der Waals surface area contributed by atoms with Crippen molar-refractivity contribution in [2.24, 2.45) is 5.73 Å². The second kappa shape index (κ2) is 5.11. The van der Waals surface area contributed by atoms with Crippen molar-refractivity contribution >= 4 is 21.6 Å². The van der Waals surface area contributed by atoms with Crippen molar-refractivity contribution in [1.82, 2.24) is 4.98 Å². The van der Waals surface area contributed by atoms with Gasteiger partial charge in [0.25, 0.3) is 0 Å². The summed E-state index contributed by atoms with van der Waals surface area (Å²) in [6.45, 7) is 1.85. The number of thiophene rings is 1. The highest BCUT2D eigenvalue weighted by molar-refractivity contribution is 7.17. The molecule has 0 radical (unpaired) electrons. The van der Waals surface area contributed by atoms with Crippen molar-refractivity contribution in [1.29, 1.82) is 0 Å². The first kappa shape index (κ1) is 11.1. The molecule has 0 aliphatic carbocycles. The van der Waals surface area contributed by atoms with E-state index >= 15 is 0 Å². The molecular weight excluding hydrogens is 216 g/mol. The van der Waals surface area contributed by atoms with Crippen LogP contribution in [0.3, 0.4) is 0 Å². The van der Waals surface area contributed by atoms with Crippen LogP contribution in [0.4, 0.5) is 0 Å². The van der Waals surface area contributed by atoms with Gasteiger partial charge in [0.05, 0.1) is 10.2 Å². The normalized spacial score (nSPS) is 12.1. The van der Waals surface area contributed by atoms with Crippen LogP contribution in [0.5, 0.6) is 0 Å². The fraction of sp³-hybridized carbons (Fsp3) is 0.308. The van der Waals surface area contributed by atoms with Gasteiger partial charge in [-0.15, -0.1) is 23.2 Å². The average molecular weight is 230 g/mol. The fourth-order valence-electron chi connectivity index (χ4n) is 1.58. The largest absolute Gasteiger partial charge is 0.324 e. The maximum absolute atomic E-state index is 6.09. The van der Waals surface area contributed by atoms with Crippen LogP contribution in [0.2, 0.25) is 0 Å². The van der Waals surface area contributed by atoms with Crippen LogP contribution < -0.4 is 5.73 Å². The van der Waals surface area contributed by atoms with Crippen LogP contribution in [0.1, 0.15) is 31.4 Å². The third-order valence-electron chi connectivity index (χ3n) is 2.51. The number of nitrogens with two attached hydrogens (primary N) is 1. The zero-order valence-corrected chi connectivity index (χ0v) is 10.1. The standard InChI is InChI=1S/C13H14N2S/c1-2-3-4-5-11(14)10-8-13-12(15-9-10)6-7-16-13/h6-9,11H,4-5,14H2,1H3. The first-order valence-corrected chi connectivity index (χ1v) is 6.17. The lowest BCUT2D eigenvalue weighted by Crippen LogP contribution is -2.09. The third-order valence-corrected chi connectivity index (χ3v) is 3.36. The Bertz CT molecular complexity index is 533. The van der Waals surface area contributed by atoms with Crippen molar-refractivity contribution in [3.05, 3.63) is 29.3 Å². The van der Waals surface area contributed by atoms with Gasteiger partial charge in [0.2, 0.25) is 0 Å². The van der Waals surface area contributed by atoms with Crippen LogP contribution >= 0.6 is 11.3 Å². The van der Waals surface area contributed by atoms with Gasteiger partial charge < -0.3 is 5.73 Å². The van der Waals surface area contributed by atoms with Gasteiger partial charge in [-0.1, -0.05) is 0 Å². The number of hydrogen-bond acceptors (Lipinski definition) is 3. The Morgan fingerprint density at radius 2 is 2.44 bits per heavy atom. The highest BCUT2D eigenvalue weighted by Crippen LogP contribution is 2.23. The minimum absolute atomic E-state index is 0.0415. The zero-order chi connectivity index (χ0) is 11.4. The highest BCUT2D eigenvalue weighted by atomic mass is 32.1. The minimum atomic E-state index is 0.0415. The van der Waals surface area contributed by atoms with E-state index < -0.39 is 0 Å². The van der Waals surface area contributed by atoms with E-state index in [1.807, 2.05) is 19.2 Å². The molecule has 2 nitrogen and oxygen atoms in total. The molecular formula is C13H14N2S. The molecule has 1 unspecified atom stereocenters. The molecule has 2 N–H and O–H groups in total. The van der Waals surface area contributed by atoms with E-state index in [4.69, 9.17) is 5.73 Å². The van der Waals surface area contributed by atoms with Gasteiger partial charge in [-0.2, -0.15) is 0 Å². The van der Waals surface area contributed by atoms with Crippen molar-refractivity contribution in [3.63, 3.8) is 0 Å². The molecule has 1 atom stereocenters. The molecule has 2 rings (SSSR count). The number of aromatic nitrogens is 1. The Morgan fingerprint density at radius 1 is 1.56 bits per heavy atom. The predicted molar refractivity (Wildman–Crippen MR) is 69.2 cm³/mol. The second-order valence-electron chi connectivity index (χ2n) is 3.64. The molecule has 0 spiro atoms. The Hall–Kier alpha value is -1.37. The molecule has 0 aromatic carbocycles. The van der Waals surface area contributed by atoms with Gasteiger partial charge in [0.15, 0.2) is 0 Å². The van der Waals surface area contributed by atoms with E-state index in [1.54, 1.807) is 11.3 Å². The zero-order valence-electron chi connectivity index (χ0n) is 9.23. The van der Waals surface area contributed by atoms with Crippen LogP contribution in [0, 0.1) is 11.8 Å². The molecule has 2 heterocycles. The van der Waals surface area contributed by atoms with Gasteiger partial charge in [-0.25, -0.2) is 0 Å². The smallest absolute Gasteiger partial charge is 0.0809 e. The van der Waals surface area contributed by atoms with Crippen molar-refractivity contribution in [2.75, 3.05) is 0 Å². The van der Waals surface area contributed by atoms with Gasteiger partial charge in [0, 0.05) is 18.7 Å². The molecule has 0 saturated heterocycles. The van der Waals surface area contributed by atoms with E-state index in [0.29, 0.717) is 0 Å². The maximum atomic E-state index is 6.09. The Kier molecular flexibility index (Phi) is 3.55. The Balaban J connectivity index is 2.14. The summed E-state index contributed by atoms with van der Waals surface area (Å²) in [6, 6.07) is 4.20. The lowest BCUT2D eigenvalue weighted by atomic mass is 10.1. The Labute approximate surface area is 99.5 Å². The summed E-state index contributed by atoms with van der Waals surface area (Å²) < 4.78 is 1.20. The Morgan fingerprint density at radius 3 is 3.25 bits per heavy atom. The van der Waals surface area contributed by atoms with E-state index in [-0.39, 0.29) is 6.04 Å². The van der Waals surface area contributed by atoms with Crippen LogP contribution in [-0.4, -0.2) is 4.98 Å². The summed E-state index contributed by atoms with van der Waals surface area (Å²) in [7, 11) is 0. The minimum Gasteiger partial charge on any atom is -0.324 e. The quantitative estimate of drug-likeness (QED) is 0.823. The van der Waals surface area contributed by atoms with Gasteiger partial charge in [-0.3, -0.25) is 4.98 Å². The molecule has 3 heteroatoms. The predicted octanol–water partition coefficient (Wildman–Crippen LogP) is 3.10. The highest BCUT2D eigenvalue weighted by Gasteiger charge is 2.07. The first-order valence-electron chi connectivity index (χ1n) is 5.29. The van der Waals surface area contributed by atoms with Gasteiger partial charge in [0.1, 0.15) is 0 Å². The number of rotatable bonds is 3. The summed E-state index contributed by atoms with van der Waals surface area (Å²) in [5.74, 6) is 5.91. The number of fused-ring (bicyclic) bond motifs is 1. The number of nitrogens with zero attached hydrogens (tertiary/aromatic N) is 1. The van der Waals surface area contributed by atoms with Crippen molar-refractivity contribution in [2.45, 2.75) is 25.8 Å². The third kappa shape index (κ3) is 2.41. The van der Waals surface area contributed by atoms with E-state index in [1.165, 1.54) is 4.70 Å². The molecule has 0 aliphatic heterocycles. The van der Waals surface area contributed by atoms with Crippen molar-refractivity contribution < 1.29 is 0 Å². The molecule has 0 bridgehead atoms. The van der Waals surface area contributed by atoms with E-state index in [9.17, 15) is 0 Å². The topological polar surface area (TPSA) is 38.9 Å². The van der Waals surface area contributed by atoms with Crippen LogP contribution in [0.25, 0.3) is 10.2 Å². The molecule has 0 amide bonds. The SMILES string of the molecule is CC#CCCC(N)c1cnc2ccsc2c1. The molecule has 82 valence electrons. The van der Waals surface area contributed by atoms with E-state index in [0.717, 1.165) is 23.9 Å². The summed E-state index contributed by atoms with van der Waals surface area (Å²) >= 11 is 1.70. The number of pyridine rings is 1. The van der Waals surface area contributed by atoms with Crippen LogP contribution in [0.15, 0.2) is 23.7 Å². The van der Waals surface area contributed by atoms with Gasteiger partial charge in [-0.05, 0) is 36.4 Å². The number of hydrogen-bond donors (Lipinski definition) is 1. The molecule has 2 aromatic heterocycles. The molecule has 0 aliphatic rings. The van der Waals surface area contributed by atoms with Crippen LogP contribution in [-0.2, 0) is 0 Å². The lowest BCUT2D eigenvalue weighted by Gasteiger charge is -2.09. The molecule has 0 saturated carbocycles. The summed E-state index contributed by atoms with van der Waals surface area (Å²) in [5.41, 5.74) is 8.25. The average Bonchev–Trinajstić information content (AvgIpc) is 2.76. The molecule has 2 aromatic rings. The van der Waals surface area contributed by atoms with Crippen molar-refractivity contribution in [3.8, 4) is 11.8 Å².